The first-order valence-corrected chi connectivity index (χ1v) is 7.19. The quantitative estimate of drug-likeness (QED) is 0.674. The van der Waals surface area contributed by atoms with E-state index < -0.39 is 0 Å². The van der Waals surface area contributed by atoms with E-state index in [0.29, 0.717) is 12.5 Å². The average molecular weight is 256 g/mol. The number of amides is 1. The zero-order valence-corrected chi connectivity index (χ0v) is 12.0. The summed E-state index contributed by atoms with van der Waals surface area (Å²) < 4.78 is 0. The van der Waals surface area contributed by atoms with Crippen LogP contribution in [0.2, 0.25) is 0 Å². The highest BCUT2D eigenvalue weighted by Gasteiger charge is 2.36. The highest BCUT2D eigenvalue weighted by atomic mass is 16.3. The second kappa shape index (κ2) is 7.10. The molecular formula is C14H28N2O2. The Morgan fingerprint density at radius 2 is 2.28 bits per heavy atom. The number of rotatable bonds is 6. The Kier molecular flexibility index (Phi) is 6.09. The summed E-state index contributed by atoms with van der Waals surface area (Å²) >= 11 is 0. The van der Waals surface area contributed by atoms with Gasteiger partial charge < -0.3 is 10.4 Å². The van der Waals surface area contributed by atoms with Crippen molar-refractivity contribution in [3.05, 3.63) is 0 Å². The molecule has 1 rings (SSSR count). The second-order valence-electron chi connectivity index (χ2n) is 5.80. The number of carbonyl (C=O) groups excluding carboxylic acids is 1. The van der Waals surface area contributed by atoms with E-state index in [1.807, 2.05) is 13.8 Å². The molecule has 0 aromatic rings. The van der Waals surface area contributed by atoms with Crippen LogP contribution in [0, 0.1) is 5.92 Å². The molecule has 0 bridgehead atoms. The van der Waals surface area contributed by atoms with E-state index in [2.05, 4.69) is 17.6 Å². The lowest BCUT2D eigenvalue weighted by molar-refractivity contribution is -0.123. The number of hydrogen-bond acceptors (Lipinski definition) is 3. The molecule has 3 unspecified atom stereocenters. The van der Waals surface area contributed by atoms with Crippen LogP contribution in [0.3, 0.4) is 0 Å². The molecule has 0 aromatic carbocycles. The van der Waals surface area contributed by atoms with Gasteiger partial charge in [0.05, 0.1) is 12.6 Å². The maximum atomic E-state index is 11.9. The monoisotopic (exact) mass is 256 g/mol. The fraction of sp³-hybridized carbons (Fsp3) is 0.929. The summed E-state index contributed by atoms with van der Waals surface area (Å²) in [7, 11) is 0. The topological polar surface area (TPSA) is 61.4 Å². The van der Waals surface area contributed by atoms with Gasteiger partial charge in [-0.2, -0.15) is 0 Å². The number of aliphatic hydroxyl groups is 1. The molecule has 1 saturated carbocycles. The summed E-state index contributed by atoms with van der Waals surface area (Å²) in [5.41, 5.74) is -0.263. The van der Waals surface area contributed by atoms with Crippen LogP contribution in [-0.2, 0) is 4.79 Å². The van der Waals surface area contributed by atoms with Crippen LogP contribution in [-0.4, -0.2) is 35.7 Å². The van der Waals surface area contributed by atoms with Crippen LogP contribution in [0.1, 0.15) is 52.9 Å². The van der Waals surface area contributed by atoms with E-state index in [4.69, 9.17) is 0 Å². The van der Waals surface area contributed by atoms with Crippen molar-refractivity contribution in [2.24, 2.45) is 5.92 Å². The molecule has 18 heavy (non-hydrogen) atoms. The van der Waals surface area contributed by atoms with Gasteiger partial charge in [-0.3, -0.25) is 10.1 Å². The molecule has 0 saturated heterocycles. The van der Waals surface area contributed by atoms with Crippen molar-refractivity contribution in [2.45, 2.75) is 64.5 Å². The average Bonchev–Trinajstić information content (AvgIpc) is 2.35. The van der Waals surface area contributed by atoms with Crippen molar-refractivity contribution >= 4 is 5.91 Å². The number of carbonyl (C=O) groups is 1. The minimum absolute atomic E-state index is 0.0305. The van der Waals surface area contributed by atoms with Crippen LogP contribution in [0.25, 0.3) is 0 Å². The van der Waals surface area contributed by atoms with Crippen LogP contribution in [0.15, 0.2) is 0 Å². The van der Waals surface area contributed by atoms with Gasteiger partial charge in [-0.15, -0.1) is 0 Å². The van der Waals surface area contributed by atoms with Gasteiger partial charge in [-0.1, -0.05) is 26.7 Å². The summed E-state index contributed by atoms with van der Waals surface area (Å²) in [6.45, 7) is 6.96. The lowest BCUT2D eigenvalue weighted by atomic mass is 9.76. The second-order valence-corrected chi connectivity index (χ2v) is 5.80. The van der Waals surface area contributed by atoms with Gasteiger partial charge in [-0.05, 0) is 32.1 Å². The largest absolute Gasteiger partial charge is 0.394 e. The first kappa shape index (κ1) is 15.4. The van der Waals surface area contributed by atoms with Gasteiger partial charge in [0.1, 0.15) is 0 Å². The van der Waals surface area contributed by atoms with Crippen molar-refractivity contribution in [3.8, 4) is 0 Å². The van der Waals surface area contributed by atoms with E-state index >= 15 is 0 Å². The molecular weight excluding hydrogens is 228 g/mol. The third-order valence-electron chi connectivity index (χ3n) is 3.86. The van der Waals surface area contributed by atoms with Gasteiger partial charge in [0.25, 0.3) is 0 Å². The highest BCUT2D eigenvalue weighted by molar-refractivity contribution is 5.81. The minimum atomic E-state index is -0.263. The molecule has 3 N–H and O–H groups in total. The molecule has 0 radical (unpaired) electrons. The van der Waals surface area contributed by atoms with Crippen molar-refractivity contribution in [1.29, 1.82) is 0 Å². The van der Waals surface area contributed by atoms with Gasteiger partial charge in [0, 0.05) is 12.1 Å². The van der Waals surface area contributed by atoms with Gasteiger partial charge in [0.15, 0.2) is 0 Å². The number of aliphatic hydroxyl groups excluding tert-OH is 1. The zero-order valence-electron chi connectivity index (χ0n) is 12.0. The molecule has 4 nitrogen and oxygen atoms in total. The van der Waals surface area contributed by atoms with Crippen molar-refractivity contribution in [2.75, 3.05) is 13.2 Å². The third-order valence-corrected chi connectivity index (χ3v) is 3.86. The molecule has 0 spiro atoms. The summed E-state index contributed by atoms with van der Waals surface area (Å²) in [5.74, 6) is 0.646. The summed E-state index contributed by atoms with van der Waals surface area (Å²) in [5, 5.41) is 15.9. The van der Waals surface area contributed by atoms with E-state index in [1.54, 1.807) is 0 Å². The summed E-state index contributed by atoms with van der Waals surface area (Å²) in [4.78, 5) is 11.9. The molecule has 4 heteroatoms. The third kappa shape index (κ3) is 4.25. The standard InChI is InChI=1S/C14H28N2O2/c1-4-8-15-13(18)12(3)16-14(10-17)7-5-6-11(2)9-14/h11-12,16-17H,4-10H2,1-3H3,(H,15,18). The Balaban J connectivity index is 2.53. The van der Waals surface area contributed by atoms with E-state index in [0.717, 1.165) is 25.7 Å². The Morgan fingerprint density at radius 1 is 1.56 bits per heavy atom. The summed E-state index contributed by atoms with van der Waals surface area (Å²) in [6.07, 6.45) is 5.20. The van der Waals surface area contributed by atoms with Crippen molar-refractivity contribution in [3.63, 3.8) is 0 Å². The van der Waals surface area contributed by atoms with Crippen LogP contribution in [0.5, 0.6) is 0 Å². The molecule has 1 aliphatic carbocycles. The Labute approximate surface area is 111 Å². The molecule has 106 valence electrons. The molecule has 1 fully saturated rings. The lowest BCUT2D eigenvalue weighted by Gasteiger charge is -2.41. The maximum Gasteiger partial charge on any atom is 0.236 e. The van der Waals surface area contributed by atoms with E-state index in [1.165, 1.54) is 6.42 Å². The number of nitrogens with one attached hydrogen (secondary N) is 2. The van der Waals surface area contributed by atoms with Crippen LogP contribution in [0.4, 0.5) is 0 Å². The predicted octanol–water partition coefficient (Wildman–Crippen LogP) is 1.43. The molecule has 1 aliphatic rings. The molecule has 0 heterocycles. The van der Waals surface area contributed by atoms with Crippen molar-refractivity contribution in [1.82, 2.24) is 10.6 Å². The fourth-order valence-electron chi connectivity index (χ4n) is 2.91. The molecule has 1 amide bonds. The predicted molar refractivity (Wildman–Crippen MR) is 73.3 cm³/mol. The SMILES string of the molecule is CCCNC(=O)C(C)NC1(CO)CCCC(C)C1. The molecule has 0 aromatic heterocycles. The number of hydrogen-bond donors (Lipinski definition) is 3. The Hall–Kier alpha value is -0.610. The lowest BCUT2D eigenvalue weighted by Crippen LogP contribution is -2.58. The maximum absolute atomic E-state index is 11.9. The van der Waals surface area contributed by atoms with Gasteiger partial charge in [-0.25, -0.2) is 0 Å². The first-order chi connectivity index (χ1) is 8.53. The minimum Gasteiger partial charge on any atom is -0.394 e. The highest BCUT2D eigenvalue weighted by Crippen LogP contribution is 2.32. The van der Waals surface area contributed by atoms with E-state index in [-0.39, 0.29) is 24.1 Å². The fourth-order valence-corrected chi connectivity index (χ4v) is 2.91. The molecule has 3 atom stereocenters. The van der Waals surface area contributed by atoms with Gasteiger partial charge >= 0.3 is 0 Å². The Bertz CT molecular complexity index is 271. The van der Waals surface area contributed by atoms with Crippen LogP contribution < -0.4 is 10.6 Å². The Morgan fingerprint density at radius 3 is 2.83 bits per heavy atom. The molecule has 0 aliphatic heterocycles. The zero-order chi connectivity index (χ0) is 13.6. The summed E-state index contributed by atoms with van der Waals surface area (Å²) in [6, 6.07) is -0.242. The van der Waals surface area contributed by atoms with Crippen LogP contribution >= 0.6 is 0 Å². The van der Waals surface area contributed by atoms with Crippen molar-refractivity contribution < 1.29 is 9.90 Å². The first-order valence-electron chi connectivity index (χ1n) is 7.19. The van der Waals surface area contributed by atoms with E-state index in [9.17, 15) is 9.90 Å². The smallest absolute Gasteiger partial charge is 0.236 e. The normalized spacial score (nSPS) is 29.9. The van der Waals surface area contributed by atoms with Gasteiger partial charge in [0.2, 0.25) is 5.91 Å².